The van der Waals surface area contributed by atoms with Gasteiger partial charge < -0.3 is 10.4 Å². The van der Waals surface area contributed by atoms with Crippen molar-refractivity contribution in [1.82, 2.24) is 5.32 Å². The van der Waals surface area contributed by atoms with Gasteiger partial charge in [-0.3, -0.25) is 4.79 Å². The van der Waals surface area contributed by atoms with Crippen molar-refractivity contribution in [2.24, 2.45) is 0 Å². The Labute approximate surface area is 114 Å². The highest BCUT2D eigenvalue weighted by Crippen LogP contribution is 2.18. The average Bonchev–Trinajstić information content (AvgIpc) is 2.72. The van der Waals surface area contributed by atoms with Gasteiger partial charge in [-0.15, -0.1) is 11.3 Å². The highest BCUT2D eigenvalue weighted by Gasteiger charge is 2.12. The summed E-state index contributed by atoms with van der Waals surface area (Å²) in [5, 5.41) is 12.7. The molecular formula is C11H13NO5S2. The second-order valence-electron chi connectivity index (χ2n) is 3.76. The molecule has 1 aromatic rings. The maximum Gasteiger partial charge on any atom is 0.328 e. The van der Waals surface area contributed by atoms with Gasteiger partial charge in [-0.2, -0.15) is 0 Å². The molecule has 0 atom stereocenters. The van der Waals surface area contributed by atoms with Crippen molar-refractivity contribution in [2.45, 2.75) is 0 Å². The molecule has 0 unspecified atom stereocenters. The Balaban J connectivity index is 2.68. The molecule has 1 amide bonds. The zero-order valence-corrected chi connectivity index (χ0v) is 11.8. The Bertz CT molecular complexity index is 600. The fraction of sp³-hybridized carbons (Fsp3) is 0.273. The van der Waals surface area contributed by atoms with Crippen LogP contribution >= 0.6 is 11.3 Å². The molecule has 0 aliphatic carbocycles. The smallest absolute Gasteiger partial charge is 0.328 e. The van der Waals surface area contributed by atoms with Gasteiger partial charge in [-0.25, -0.2) is 13.2 Å². The summed E-state index contributed by atoms with van der Waals surface area (Å²) in [4.78, 5) is 22.5. The van der Waals surface area contributed by atoms with Crippen LogP contribution in [0.25, 0.3) is 6.08 Å². The average molecular weight is 303 g/mol. The molecule has 0 spiro atoms. The number of amides is 1. The fourth-order valence-electron chi connectivity index (χ4n) is 1.23. The minimum Gasteiger partial charge on any atom is -0.478 e. The zero-order chi connectivity index (χ0) is 14.5. The maximum absolute atomic E-state index is 11.8. The lowest BCUT2D eigenvalue weighted by atomic mass is 10.2. The van der Waals surface area contributed by atoms with Gasteiger partial charge in [0.1, 0.15) is 9.84 Å². The van der Waals surface area contributed by atoms with Crippen molar-refractivity contribution in [3.63, 3.8) is 0 Å². The molecule has 8 heteroatoms. The number of thiophene rings is 1. The molecular weight excluding hydrogens is 290 g/mol. The first kappa shape index (κ1) is 15.4. The standard InChI is InChI=1S/C11H13NO5S2/c1-19(16,17)7-5-12-11(15)10-8(4-6-18-10)2-3-9(13)14/h2-4,6H,5,7H2,1H3,(H,12,15)(H,13,14). The molecule has 1 heterocycles. The largest absolute Gasteiger partial charge is 0.478 e. The molecule has 0 saturated heterocycles. The molecule has 104 valence electrons. The quantitative estimate of drug-likeness (QED) is 0.750. The SMILES string of the molecule is CS(=O)(=O)CCNC(=O)c1sccc1C=CC(=O)O. The van der Waals surface area contributed by atoms with Crippen LogP contribution in [0.5, 0.6) is 0 Å². The number of carbonyl (C=O) groups excluding carboxylic acids is 1. The van der Waals surface area contributed by atoms with Gasteiger partial charge in [0.25, 0.3) is 5.91 Å². The van der Waals surface area contributed by atoms with Crippen LogP contribution in [0.2, 0.25) is 0 Å². The maximum atomic E-state index is 11.8. The summed E-state index contributed by atoms with van der Waals surface area (Å²) in [6.45, 7) is 0.0254. The van der Waals surface area contributed by atoms with Crippen molar-refractivity contribution in [3.05, 3.63) is 28.0 Å². The van der Waals surface area contributed by atoms with E-state index in [-0.39, 0.29) is 12.3 Å². The van der Waals surface area contributed by atoms with Crippen LogP contribution in [0.4, 0.5) is 0 Å². The first-order valence-corrected chi connectivity index (χ1v) is 8.18. The molecule has 0 radical (unpaired) electrons. The third-order valence-corrected chi connectivity index (χ3v) is 3.94. The van der Waals surface area contributed by atoms with Crippen molar-refractivity contribution in [2.75, 3.05) is 18.6 Å². The summed E-state index contributed by atoms with van der Waals surface area (Å²) in [5.41, 5.74) is 0.490. The lowest BCUT2D eigenvalue weighted by molar-refractivity contribution is -0.131. The number of aliphatic carboxylic acids is 1. The van der Waals surface area contributed by atoms with Crippen LogP contribution in [0, 0.1) is 0 Å². The first-order chi connectivity index (χ1) is 8.79. The van der Waals surface area contributed by atoms with E-state index < -0.39 is 21.7 Å². The van der Waals surface area contributed by atoms with E-state index >= 15 is 0 Å². The Morgan fingerprint density at radius 2 is 2.16 bits per heavy atom. The third kappa shape index (κ3) is 5.66. The minimum absolute atomic E-state index is 0.0254. The van der Waals surface area contributed by atoms with E-state index in [1.807, 2.05) is 0 Å². The molecule has 0 aromatic carbocycles. The Morgan fingerprint density at radius 3 is 2.74 bits per heavy atom. The zero-order valence-electron chi connectivity index (χ0n) is 10.1. The number of carbonyl (C=O) groups is 2. The third-order valence-electron chi connectivity index (χ3n) is 2.07. The van der Waals surface area contributed by atoms with Crippen LogP contribution in [-0.4, -0.2) is 44.0 Å². The van der Waals surface area contributed by atoms with Crippen molar-refractivity contribution in [3.8, 4) is 0 Å². The molecule has 0 saturated carbocycles. The predicted octanol–water partition coefficient (Wildman–Crippen LogP) is 0.620. The topological polar surface area (TPSA) is 101 Å². The Morgan fingerprint density at radius 1 is 1.47 bits per heavy atom. The Kier molecular flexibility index (Phi) is 5.25. The molecule has 1 rings (SSSR count). The van der Waals surface area contributed by atoms with Crippen LogP contribution in [0.15, 0.2) is 17.5 Å². The number of nitrogens with one attached hydrogen (secondary N) is 1. The second kappa shape index (κ2) is 6.48. The first-order valence-electron chi connectivity index (χ1n) is 5.24. The van der Waals surface area contributed by atoms with Crippen molar-refractivity contribution >= 4 is 39.1 Å². The highest BCUT2D eigenvalue weighted by atomic mass is 32.2. The minimum atomic E-state index is -3.12. The van der Waals surface area contributed by atoms with E-state index in [2.05, 4.69) is 5.32 Å². The van der Waals surface area contributed by atoms with Gasteiger partial charge in [-0.1, -0.05) is 0 Å². The summed E-state index contributed by atoms with van der Waals surface area (Å²) in [7, 11) is -3.12. The summed E-state index contributed by atoms with van der Waals surface area (Å²) in [6.07, 6.45) is 3.35. The normalized spacial score (nSPS) is 11.6. The van der Waals surface area contributed by atoms with Gasteiger partial charge >= 0.3 is 5.97 Å². The van der Waals surface area contributed by atoms with Crippen LogP contribution in [0.1, 0.15) is 15.2 Å². The Hall–Kier alpha value is -1.67. The predicted molar refractivity (Wildman–Crippen MR) is 73.0 cm³/mol. The number of hydrogen-bond donors (Lipinski definition) is 2. The number of sulfone groups is 1. The molecule has 19 heavy (non-hydrogen) atoms. The van der Waals surface area contributed by atoms with Crippen molar-refractivity contribution in [1.29, 1.82) is 0 Å². The summed E-state index contributed by atoms with van der Waals surface area (Å²) >= 11 is 1.16. The van der Waals surface area contributed by atoms with Crippen LogP contribution < -0.4 is 5.32 Å². The van der Waals surface area contributed by atoms with E-state index in [0.717, 1.165) is 23.7 Å². The molecule has 1 aromatic heterocycles. The van der Waals surface area contributed by atoms with Gasteiger partial charge in [0.2, 0.25) is 0 Å². The van der Waals surface area contributed by atoms with Gasteiger partial charge in [0.05, 0.1) is 10.6 Å². The van der Waals surface area contributed by atoms with Crippen LogP contribution in [-0.2, 0) is 14.6 Å². The van der Waals surface area contributed by atoms with Gasteiger partial charge in [0, 0.05) is 18.9 Å². The lowest BCUT2D eigenvalue weighted by Crippen LogP contribution is -2.28. The summed E-state index contributed by atoms with van der Waals surface area (Å²) < 4.78 is 21.8. The van der Waals surface area contributed by atoms with Gasteiger partial charge in [-0.05, 0) is 23.1 Å². The van der Waals surface area contributed by atoms with E-state index in [0.29, 0.717) is 10.4 Å². The van der Waals surface area contributed by atoms with E-state index in [1.165, 1.54) is 6.08 Å². The lowest BCUT2D eigenvalue weighted by Gasteiger charge is -2.03. The number of carboxylic acid groups (broad SMARTS) is 1. The number of carboxylic acids is 1. The van der Waals surface area contributed by atoms with Crippen molar-refractivity contribution < 1.29 is 23.1 Å². The fourth-order valence-corrected chi connectivity index (χ4v) is 2.50. The van der Waals surface area contributed by atoms with Gasteiger partial charge in [0.15, 0.2) is 0 Å². The number of hydrogen-bond acceptors (Lipinski definition) is 5. The summed E-state index contributed by atoms with van der Waals surface area (Å²) in [5.74, 6) is -1.65. The molecule has 0 aliphatic heterocycles. The molecule has 6 nitrogen and oxygen atoms in total. The monoisotopic (exact) mass is 303 g/mol. The van der Waals surface area contributed by atoms with E-state index in [1.54, 1.807) is 11.4 Å². The molecule has 0 fully saturated rings. The van der Waals surface area contributed by atoms with E-state index in [4.69, 9.17) is 5.11 Å². The van der Waals surface area contributed by atoms with E-state index in [9.17, 15) is 18.0 Å². The highest BCUT2D eigenvalue weighted by molar-refractivity contribution is 7.90. The molecule has 0 aliphatic rings. The molecule has 0 bridgehead atoms. The second-order valence-corrected chi connectivity index (χ2v) is 6.94. The van der Waals surface area contributed by atoms with Crippen LogP contribution in [0.3, 0.4) is 0 Å². The number of rotatable bonds is 6. The molecule has 2 N–H and O–H groups in total. The summed E-state index contributed by atoms with van der Waals surface area (Å²) in [6, 6.07) is 1.62.